The molecule has 1 fully saturated rings. The Bertz CT molecular complexity index is 411. The normalized spacial score (nSPS) is 23.5. The van der Waals surface area contributed by atoms with E-state index >= 15 is 0 Å². The maximum absolute atomic E-state index is 11.7. The molecule has 3 heteroatoms. The van der Waals surface area contributed by atoms with Crippen molar-refractivity contribution in [2.75, 3.05) is 0 Å². The summed E-state index contributed by atoms with van der Waals surface area (Å²) >= 11 is 0. The van der Waals surface area contributed by atoms with Crippen molar-refractivity contribution in [2.24, 2.45) is 0 Å². The molecule has 1 aliphatic heterocycles. The second-order valence-electron chi connectivity index (χ2n) is 4.25. The van der Waals surface area contributed by atoms with Gasteiger partial charge in [-0.2, -0.15) is 0 Å². The van der Waals surface area contributed by atoms with Gasteiger partial charge in [0.05, 0.1) is 0 Å². The lowest BCUT2D eigenvalue weighted by molar-refractivity contribution is -0.143. The molecule has 96 valence electrons. The van der Waals surface area contributed by atoms with Gasteiger partial charge in [0, 0.05) is 6.42 Å². The Labute approximate surface area is 107 Å². The van der Waals surface area contributed by atoms with Gasteiger partial charge >= 0.3 is 5.97 Å². The average Bonchev–Trinajstić information content (AvgIpc) is 2.77. The zero-order valence-corrected chi connectivity index (χ0v) is 10.5. The molecule has 0 aromatic heterocycles. The van der Waals surface area contributed by atoms with Gasteiger partial charge in [-0.3, -0.25) is 0 Å². The number of esters is 1. The second-order valence-corrected chi connectivity index (χ2v) is 4.25. The summed E-state index contributed by atoms with van der Waals surface area (Å²) in [4.78, 5) is 11.7. The highest BCUT2D eigenvalue weighted by atomic mass is 16.7. The van der Waals surface area contributed by atoms with Crippen LogP contribution < -0.4 is 0 Å². The quantitative estimate of drug-likeness (QED) is 0.590. The van der Waals surface area contributed by atoms with Gasteiger partial charge in [0.25, 0.3) is 0 Å². The van der Waals surface area contributed by atoms with E-state index in [4.69, 9.17) is 9.47 Å². The van der Waals surface area contributed by atoms with Crippen molar-refractivity contribution in [3.8, 4) is 0 Å². The van der Waals surface area contributed by atoms with Gasteiger partial charge in [-0.15, -0.1) is 0 Å². The smallest absolute Gasteiger partial charge is 0.342 e. The second kappa shape index (κ2) is 6.36. The van der Waals surface area contributed by atoms with Crippen LogP contribution in [0.25, 0.3) is 0 Å². The number of benzene rings is 1. The van der Waals surface area contributed by atoms with E-state index in [2.05, 4.69) is 19.1 Å². The molecule has 0 radical (unpaired) electrons. The Morgan fingerprint density at radius 1 is 1.22 bits per heavy atom. The Hall–Kier alpha value is -1.61. The first-order chi connectivity index (χ1) is 8.81. The lowest BCUT2D eigenvalue weighted by atomic mass is 10.1. The number of carbonyl (C=O) groups excluding carboxylic acids is 1. The van der Waals surface area contributed by atoms with Gasteiger partial charge in [0.1, 0.15) is 0 Å². The van der Waals surface area contributed by atoms with Crippen LogP contribution in [0.4, 0.5) is 0 Å². The molecule has 1 aromatic carbocycles. The molecule has 1 saturated heterocycles. The van der Waals surface area contributed by atoms with E-state index < -0.39 is 12.4 Å². The van der Waals surface area contributed by atoms with Gasteiger partial charge in [-0.1, -0.05) is 49.4 Å². The van der Waals surface area contributed by atoms with Crippen molar-refractivity contribution in [3.63, 3.8) is 0 Å². The number of carbonyl (C=O) groups is 1. The minimum atomic E-state index is -0.564. The zero-order valence-electron chi connectivity index (χ0n) is 10.5. The van der Waals surface area contributed by atoms with Crippen LogP contribution in [0.15, 0.2) is 42.5 Å². The summed E-state index contributed by atoms with van der Waals surface area (Å²) < 4.78 is 10.8. The molecule has 0 spiro atoms. The molecule has 18 heavy (non-hydrogen) atoms. The van der Waals surface area contributed by atoms with E-state index in [1.54, 1.807) is 0 Å². The van der Waals surface area contributed by atoms with Crippen molar-refractivity contribution in [3.05, 3.63) is 48.0 Å². The van der Waals surface area contributed by atoms with Crippen LogP contribution in [0.1, 0.15) is 37.9 Å². The molecule has 0 bridgehead atoms. The van der Waals surface area contributed by atoms with Gasteiger partial charge in [0.15, 0.2) is 6.10 Å². The number of cyclic esters (lactones) is 1. The van der Waals surface area contributed by atoms with Crippen molar-refractivity contribution < 1.29 is 14.3 Å². The molecule has 1 aliphatic rings. The highest BCUT2D eigenvalue weighted by Crippen LogP contribution is 2.29. The van der Waals surface area contributed by atoms with E-state index in [1.807, 2.05) is 30.3 Å². The summed E-state index contributed by atoms with van der Waals surface area (Å²) in [6, 6.07) is 9.46. The summed E-state index contributed by atoms with van der Waals surface area (Å²) in [5.74, 6) is -0.286. The molecular formula is C15H18O3. The molecule has 1 heterocycles. The van der Waals surface area contributed by atoms with Crippen LogP contribution in [-0.4, -0.2) is 12.3 Å². The van der Waals surface area contributed by atoms with Crippen LogP contribution in [0.5, 0.6) is 0 Å². The monoisotopic (exact) mass is 246 g/mol. The Balaban J connectivity index is 1.89. The Morgan fingerprint density at radius 2 is 2.00 bits per heavy atom. The van der Waals surface area contributed by atoms with Crippen molar-refractivity contribution >= 4 is 5.97 Å². The summed E-state index contributed by atoms with van der Waals surface area (Å²) in [5.41, 5.74) is 0.856. The largest absolute Gasteiger partial charge is 0.434 e. The first kappa shape index (κ1) is 12.8. The number of ether oxygens (including phenoxy) is 2. The first-order valence-corrected chi connectivity index (χ1v) is 6.37. The fourth-order valence-corrected chi connectivity index (χ4v) is 1.91. The predicted molar refractivity (Wildman–Crippen MR) is 68.8 cm³/mol. The summed E-state index contributed by atoms with van der Waals surface area (Å²) in [5, 5.41) is 0. The summed E-state index contributed by atoms with van der Waals surface area (Å²) in [7, 11) is 0. The third-order valence-corrected chi connectivity index (χ3v) is 2.82. The minimum Gasteiger partial charge on any atom is -0.434 e. The molecule has 0 unspecified atom stereocenters. The van der Waals surface area contributed by atoms with Crippen molar-refractivity contribution in [1.82, 2.24) is 0 Å². The molecule has 2 rings (SSSR count). The molecule has 1 aromatic rings. The molecule has 0 amide bonds. The van der Waals surface area contributed by atoms with Gasteiger partial charge in [0.2, 0.25) is 6.29 Å². The van der Waals surface area contributed by atoms with Crippen LogP contribution >= 0.6 is 0 Å². The minimum absolute atomic E-state index is 0.286. The molecule has 2 atom stereocenters. The molecular weight excluding hydrogens is 228 g/mol. The maximum Gasteiger partial charge on any atom is 0.342 e. The van der Waals surface area contributed by atoms with Crippen LogP contribution in [0.3, 0.4) is 0 Å². The lowest BCUT2D eigenvalue weighted by Gasteiger charge is -2.08. The SMILES string of the molecule is CC/C=C\CC[C@@H]1OC(=O)[C@@H](c2ccccc2)O1. The van der Waals surface area contributed by atoms with E-state index in [-0.39, 0.29) is 5.97 Å². The predicted octanol–water partition coefficient (Wildman–Crippen LogP) is 3.37. The highest BCUT2D eigenvalue weighted by molar-refractivity contribution is 5.77. The lowest BCUT2D eigenvalue weighted by Crippen LogP contribution is -2.07. The van der Waals surface area contributed by atoms with Gasteiger partial charge in [-0.25, -0.2) is 4.79 Å². The molecule has 0 N–H and O–H groups in total. The van der Waals surface area contributed by atoms with E-state index in [9.17, 15) is 4.79 Å². The molecule has 3 nitrogen and oxygen atoms in total. The van der Waals surface area contributed by atoms with E-state index in [0.29, 0.717) is 6.42 Å². The van der Waals surface area contributed by atoms with E-state index in [0.717, 1.165) is 18.4 Å². The maximum atomic E-state index is 11.7. The fourth-order valence-electron chi connectivity index (χ4n) is 1.91. The molecule has 0 aliphatic carbocycles. The number of rotatable bonds is 5. The van der Waals surface area contributed by atoms with Crippen LogP contribution in [0, 0.1) is 0 Å². The van der Waals surface area contributed by atoms with Crippen molar-refractivity contribution in [2.45, 2.75) is 38.6 Å². The van der Waals surface area contributed by atoms with Gasteiger partial charge < -0.3 is 9.47 Å². The van der Waals surface area contributed by atoms with E-state index in [1.165, 1.54) is 0 Å². The topological polar surface area (TPSA) is 35.5 Å². The van der Waals surface area contributed by atoms with Crippen LogP contribution in [-0.2, 0) is 14.3 Å². The Morgan fingerprint density at radius 3 is 2.72 bits per heavy atom. The molecule has 0 saturated carbocycles. The third-order valence-electron chi connectivity index (χ3n) is 2.82. The highest BCUT2D eigenvalue weighted by Gasteiger charge is 2.35. The zero-order chi connectivity index (χ0) is 12.8. The van der Waals surface area contributed by atoms with Crippen molar-refractivity contribution in [1.29, 1.82) is 0 Å². The first-order valence-electron chi connectivity index (χ1n) is 6.37. The number of hydrogen-bond acceptors (Lipinski definition) is 3. The third kappa shape index (κ3) is 3.20. The fraction of sp³-hybridized carbons (Fsp3) is 0.400. The standard InChI is InChI=1S/C15H18O3/c1-2-3-4-8-11-13-17-14(15(16)18-13)12-9-6-5-7-10-12/h3-7,9-10,13-14H,2,8,11H2,1H3/b4-3-/t13-,14+/m0/s1. The van der Waals surface area contributed by atoms with Crippen LogP contribution in [0.2, 0.25) is 0 Å². The summed E-state index contributed by atoms with van der Waals surface area (Å²) in [6.45, 7) is 2.09. The Kier molecular flexibility index (Phi) is 4.53. The average molecular weight is 246 g/mol. The number of hydrogen-bond donors (Lipinski definition) is 0. The van der Waals surface area contributed by atoms with Gasteiger partial charge in [-0.05, 0) is 18.4 Å². The summed E-state index contributed by atoms with van der Waals surface area (Å²) in [6.07, 6.45) is 5.82. The number of allylic oxidation sites excluding steroid dienone is 2.